The number of carbonyl (C=O) groups is 2. The first-order valence-corrected chi connectivity index (χ1v) is 6.57. The molecule has 0 heterocycles. The summed E-state index contributed by atoms with van der Waals surface area (Å²) in [4.78, 5) is 24.8. The van der Waals surface area contributed by atoms with Gasteiger partial charge in [0.05, 0.1) is 12.7 Å². The number of benzene rings is 1. The van der Waals surface area contributed by atoms with Crippen LogP contribution in [0.4, 0.5) is 0 Å². The number of nitrogens with one attached hydrogen (secondary N) is 1. The molecule has 0 unspecified atom stereocenters. The molecule has 0 saturated carbocycles. The number of hydrogen-bond donors (Lipinski definition) is 1. The fourth-order valence-electron chi connectivity index (χ4n) is 1.45. The molecule has 6 heteroatoms. The van der Waals surface area contributed by atoms with Crippen LogP contribution in [0, 0.1) is 0 Å². The van der Waals surface area contributed by atoms with Crippen molar-refractivity contribution in [2.75, 3.05) is 27.7 Å². The normalized spacial score (nSPS) is 9.89. The molecule has 2 amide bonds. The number of ether oxygens (including phenoxy) is 1. The predicted molar refractivity (Wildman–Crippen MR) is 76.3 cm³/mol. The molecule has 1 aromatic rings. The van der Waals surface area contributed by atoms with Crippen LogP contribution in [0.3, 0.4) is 0 Å². The second-order valence-electron chi connectivity index (χ2n) is 4.14. The minimum Gasteiger partial charge on any atom is -0.496 e. The minimum atomic E-state index is -0.254. The quantitative estimate of drug-likeness (QED) is 0.894. The van der Waals surface area contributed by atoms with Crippen LogP contribution in [0.1, 0.15) is 16.8 Å². The van der Waals surface area contributed by atoms with Gasteiger partial charge >= 0.3 is 0 Å². The maximum absolute atomic E-state index is 12.0. The number of hydrogen-bond acceptors (Lipinski definition) is 3. The smallest absolute Gasteiger partial charge is 0.255 e. The number of nitrogens with zero attached hydrogens (tertiary/aromatic N) is 1. The number of methoxy groups -OCH3 is 1. The average molecular weight is 329 g/mol. The van der Waals surface area contributed by atoms with E-state index in [-0.39, 0.29) is 18.2 Å². The summed E-state index contributed by atoms with van der Waals surface area (Å²) in [5.41, 5.74) is 0.447. The minimum absolute atomic E-state index is 0.0249. The van der Waals surface area contributed by atoms with Gasteiger partial charge in [0.25, 0.3) is 5.91 Å². The molecule has 0 bridgehead atoms. The van der Waals surface area contributed by atoms with Gasteiger partial charge in [0.2, 0.25) is 5.91 Å². The van der Waals surface area contributed by atoms with E-state index in [2.05, 4.69) is 21.2 Å². The lowest BCUT2D eigenvalue weighted by Gasteiger charge is -2.12. The Hall–Kier alpha value is -1.56. The van der Waals surface area contributed by atoms with Crippen molar-refractivity contribution in [3.8, 4) is 5.75 Å². The largest absolute Gasteiger partial charge is 0.496 e. The third-order valence-electron chi connectivity index (χ3n) is 2.53. The fourth-order valence-corrected chi connectivity index (χ4v) is 1.79. The fraction of sp³-hybridized carbons (Fsp3) is 0.385. The molecule has 0 atom stereocenters. The van der Waals surface area contributed by atoms with Crippen molar-refractivity contribution < 1.29 is 14.3 Å². The summed E-state index contributed by atoms with van der Waals surface area (Å²) in [6, 6.07) is 5.16. The van der Waals surface area contributed by atoms with Gasteiger partial charge in [-0.3, -0.25) is 9.59 Å². The first-order valence-electron chi connectivity index (χ1n) is 5.77. The van der Waals surface area contributed by atoms with E-state index in [4.69, 9.17) is 4.74 Å². The Labute approximate surface area is 121 Å². The van der Waals surface area contributed by atoms with Crippen molar-refractivity contribution in [3.05, 3.63) is 28.2 Å². The summed E-state index contributed by atoms with van der Waals surface area (Å²) in [6.07, 6.45) is 0.275. The Morgan fingerprint density at radius 2 is 2.05 bits per heavy atom. The molecule has 0 saturated heterocycles. The molecule has 5 nitrogen and oxygen atoms in total. The van der Waals surface area contributed by atoms with Gasteiger partial charge in [-0.15, -0.1) is 0 Å². The third kappa shape index (κ3) is 4.55. The van der Waals surface area contributed by atoms with E-state index in [9.17, 15) is 9.59 Å². The second kappa shape index (κ2) is 7.13. The standard InChI is InChI=1S/C13H17BrN2O3/c1-16(2)12(17)6-7-15-13(18)10-5-4-9(14)8-11(10)19-3/h4-5,8H,6-7H2,1-3H3,(H,15,18). The zero-order valence-corrected chi connectivity index (χ0v) is 12.8. The molecular weight excluding hydrogens is 312 g/mol. The Kier molecular flexibility index (Phi) is 5.82. The molecule has 1 N–H and O–H groups in total. The highest BCUT2D eigenvalue weighted by molar-refractivity contribution is 9.10. The van der Waals surface area contributed by atoms with E-state index >= 15 is 0 Å². The molecule has 0 spiro atoms. The lowest BCUT2D eigenvalue weighted by Crippen LogP contribution is -2.30. The highest BCUT2D eigenvalue weighted by atomic mass is 79.9. The van der Waals surface area contributed by atoms with Crippen LogP contribution in [0.25, 0.3) is 0 Å². The SMILES string of the molecule is COc1cc(Br)ccc1C(=O)NCCC(=O)N(C)C. The molecule has 0 aliphatic carbocycles. The molecular formula is C13H17BrN2O3. The van der Waals surface area contributed by atoms with E-state index in [0.29, 0.717) is 17.9 Å². The van der Waals surface area contributed by atoms with Crippen LogP contribution in [-0.4, -0.2) is 44.5 Å². The van der Waals surface area contributed by atoms with Crippen LogP contribution < -0.4 is 10.1 Å². The van der Waals surface area contributed by atoms with Crippen molar-refractivity contribution in [2.45, 2.75) is 6.42 Å². The molecule has 104 valence electrons. The summed E-state index contributed by atoms with van der Waals surface area (Å²) in [5.74, 6) is 0.213. The topological polar surface area (TPSA) is 58.6 Å². The number of amides is 2. The highest BCUT2D eigenvalue weighted by Crippen LogP contribution is 2.23. The van der Waals surface area contributed by atoms with Crippen LogP contribution >= 0.6 is 15.9 Å². The van der Waals surface area contributed by atoms with Gasteiger partial charge in [-0.2, -0.15) is 0 Å². The molecule has 0 aromatic heterocycles. The number of carbonyl (C=O) groups excluding carboxylic acids is 2. The Bertz CT molecular complexity index is 475. The first-order chi connectivity index (χ1) is 8.95. The maximum Gasteiger partial charge on any atom is 0.255 e. The Balaban J connectivity index is 2.61. The molecule has 1 aromatic carbocycles. The molecule has 0 fully saturated rings. The average Bonchev–Trinajstić information content (AvgIpc) is 2.37. The first kappa shape index (κ1) is 15.5. The van der Waals surface area contributed by atoms with E-state index < -0.39 is 0 Å². The summed E-state index contributed by atoms with van der Waals surface area (Å²) < 4.78 is 5.98. The second-order valence-corrected chi connectivity index (χ2v) is 5.05. The highest BCUT2D eigenvalue weighted by Gasteiger charge is 2.12. The predicted octanol–water partition coefficient (Wildman–Crippen LogP) is 1.67. The summed E-state index contributed by atoms with van der Waals surface area (Å²) >= 11 is 3.31. The van der Waals surface area contributed by atoms with Crippen molar-refractivity contribution in [1.29, 1.82) is 0 Å². The Morgan fingerprint density at radius 3 is 2.63 bits per heavy atom. The molecule has 0 radical (unpaired) electrons. The maximum atomic E-state index is 12.0. The lowest BCUT2D eigenvalue weighted by molar-refractivity contribution is -0.128. The van der Waals surface area contributed by atoms with Gasteiger partial charge in [-0.1, -0.05) is 15.9 Å². The summed E-state index contributed by atoms with van der Waals surface area (Å²) in [7, 11) is 4.87. The van der Waals surface area contributed by atoms with Crippen LogP contribution in [0.5, 0.6) is 5.75 Å². The summed E-state index contributed by atoms with van der Waals surface area (Å²) in [6.45, 7) is 0.301. The zero-order valence-electron chi connectivity index (χ0n) is 11.2. The summed E-state index contributed by atoms with van der Waals surface area (Å²) in [5, 5.41) is 2.70. The van der Waals surface area contributed by atoms with Crippen LogP contribution in [0.15, 0.2) is 22.7 Å². The van der Waals surface area contributed by atoms with Gasteiger partial charge in [0.15, 0.2) is 0 Å². The van der Waals surface area contributed by atoms with Gasteiger partial charge in [-0.05, 0) is 18.2 Å². The monoisotopic (exact) mass is 328 g/mol. The van der Waals surface area contributed by atoms with Crippen molar-refractivity contribution in [3.63, 3.8) is 0 Å². The molecule has 1 rings (SSSR count). The van der Waals surface area contributed by atoms with Gasteiger partial charge < -0.3 is 15.0 Å². The van der Waals surface area contributed by atoms with E-state index in [1.807, 2.05) is 0 Å². The van der Waals surface area contributed by atoms with Crippen molar-refractivity contribution in [2.24, 2.45) is 0 Å². The molecule has 19 heavy (non-hydrogen) atoms. The van der Waals surface area contributed by atoms with E-state index in [0.717, 1.165) is 4.47 Å². The number of rotatable bonds is 5. The third-order valence-corrected chi connectivity index (χ3v) is 3.02. The van der Waals surface area contributed by atoms with E-state index in [1.54, 1.807) is 32.3 Å². The molecule has 0 aliphatic rings. The van der Waals surface area contributed by atoms with Crippen molar-refractivity contribution in [1.82, 2.24) is 10.2 Å². The Morgan fingerprint density at radius 1 is 1.37 bits per heavy atom. The zero-order chi connectivity index (χ0) is 14.4. The van der Waals surface area contributed by atoms with Crippen molar-refractivity contribution >= 4 is 27.7 Å². The van der Waals surface area contributed by atoms with Crippen LogP contribution in [-0.2, 0) is 4.79 Å². The van der Waals surface area contributed by atoms with Gasteiger partial charge in [0, 0.05) is 31.5 Å². The number of halogens is 1. The van der Waals surface area contributed by atoms with E-state index in [1.165, 1.54) is 12.0 Å². The van der Waals surface area contributed by atoms with Gasteiger partial charge in [-0.25, -0.2) is 0 Å². The van der Waals surface area contributed by atoms with Gasteiger partial charge in [0.1, 0.15) is 5.75 Å². The lowest BCUT2D eigenvalue weighted by atomic mass is 10.2. The molecule has 0 aliphatic heterocycles. The van der Waals surface area contributed by atoms with Crippen LogP contribution in [0.2, 0.25) is 0 Å².